The number of aliphatic carboxylic acids is 1. The van der Waals surface area contributed by atoms with Crippen molar-refractivity contribution in [2.75, 3.05) is 13.7 Å². The van der Waals surface area contributed by atoms with E-state index >= 15 is 0 Å². The van der Waals surface area contributed by atoms with Gasteiger partial charge in [0, 0.05) is 23.2 Å². The Hall–Kier alpha value is -1.82. The van der Waals surface area contributed by atoms with Crippen molar-refractivity contribution < 1.29 is 19.4 Å². The molecule has 0 heterocycles. The Balaban J connectivity index is 2.51. The Morgan fingerprint density at radius 2 is 2.16 bits per heavy atom. The van der Waals surface area contributed by atoms with Gasteiger partial charge in [-0.1, -0.05) is 15.9 Å². The van der Waals surface area contributed by atoms with Crippen LogP contribution in [0.5, 0.6) is 5.75 Å². The van der Waals surface area contributed by atoms with Crippen molar-refractivity contribution in [3.05, 3.63) is 40.4 Å². The summed E-state index contributed by atoms with van der Waals surface area (Å²) in [5.74, 6) is -0.835. The molecule has 0 radical (unpaired) electrons. The van der Waals surface area contributed by atoms with E-state index in [2.05, 4.69) is 21.2 Å². The Morgan fingerprint density at radius 1 is 1.42 bits per heavy atom. The molecule has 1 aromatic carbocycles. The number of carbonyl (C=O) groups is 2. The number of carboxylic acids is 1. The lowest BCUT2D eigenvalue weighted by Gasteiger charge is -2.09. The van der Waals surface area contributed by atoms with Gasteiger partial charge < -0.3 is 15.2 Å². The van der Waals surface area contributed by atoms with Crippen LogP contribution in [0.15, 0.2) is 34.8 Å². The van der Waals surface area contributed by atoms with E-state index in [-0.39, 0.29) is 0 Å². The van der Waals surface area contributed by atoms with Crippen molar-refractivity contribution in [1.82, 2.24) is 5.32 Å². The largest absolute Gasteiger partial charge is 0.496 e. The van der Waals surface area contributed by atoms with Gasteiger partial charge in [-0.05, 0) is 30.2 Å². The van der Waals surface area contributed by atoms with Crippen LogP contribution in [-0.2, 0) is 16.0 Å². The maximum atomic E-state index is 11.3. The van der Waals surface area contributed by atoms with Crippen LogP contribution in [-0.4, -0.2) is 30.6 Å². The molecule has 1 aromatic rings. The van der Waals surface area contributed by atoms with E-state index in [1.165, 1.54) is 0 Å². The summed E-state index contributed by atoms with van der Waals surface area (Å²) < 4.78 is 6.14. The third-order valence-corrected chi connectivity index (χ3v) is 2.81. The van der Waals surface area contributed by atoms with Gasteiger partial charge in [-0.2, -0.15) is 0 Å². The van der Waals surface area contributed by atoms with Crippen LogP contribution < -0.4 is 10.1 Å². The number of halogens is 1. The number of carboxylic acid groups (broad SMARTS) is 1. The second-order valence-corrected chi connectivity index (χ2v) is 4.58. The fourth-order valence-corrected chi connectivity index (χ4v) is 1.88. The molecule has 0 fully saturated rings. The second-order valence-electron chi connectivity index (χ2n) is 3.67. The van der Waals surface area contributed by atoms with E-state index in [1.807, 2.05) is 18.2 Å². The number of amides is 1. The smallest absolute Gasteiger partial charge is 0.328 e. The molecule has 0 aliphatic rings. The molecule has 1 rings (SSSR count). The first kappa shape index (κ1) is 15.2. The minimum Gasteiger partial charge on any atom is -0.496 e. The summed E-state index contributed by atoms with van der Waals surface area (Å²) in [7, 11) is 1.58. The Morgan fingerprint density at radius 3 is 2.79 bits per heavy atom. The molecule has 0 saturated heterocycles. The van der Waals surface area contributed by atoms with Crippen LogP contribution in [0.1, 0.15) is 5.56 Å². The molecule has 19 heavy (non-hydrogen) atoms. The van der Waals surface area contributed by atoms with Gasteiger partial charge in [-0.3, -0.25) is 4.79 Å². The van der Waals surface area contributed by atoms with E-state index in [0.29, 0.717) is 13.0 Å². The number of nitrogens with one attached hydrogen (secondary N) is 1. The van der Waals surface area contributed by atoms with Crippen LogP contribution in [0.2, 0.25) is 0 Å². The molecule has 2 N–H and O–H groups in total. The second kappa shape index (κ2) is 7.58. The predicted octanol–water partition coefficient (Wildman–Crippen LogP) is 1.76. The monoisotopic (exact) mass is 327 g/mol. The Labute approximate surface area is 119 Å². The predicted molar refractivity (Wildman–Crippen MR) is 74.2 cm³/mol. The maximum Gasteiger partial charge on any atom is 0.328 e. The SMILES string of the molecule is COc1ccc(Br)cc1CCNC(=O)/C=C/C(=O)O. The highest BCUT2D eigenvalue weighted by Gasteiger charge is 2.04. The van der Waals surface area contributed by atoms with E-state index in [1.54, 1.807) is 7.11 Å². The molecule has 102 valence electrons. The number of methoxy groups -OCH3 is 1. The van der Waals surface area contributed by atoms with Crippen molar-refractivity contribution >= 4 is 27.8 Å². The van der Waals surface area contributed by atoms with Crippen LogP contribution >= 0.6 is 15.9 Å². The molecular formula is C13H14BrNO4. The molecule has 5 nitrogen and oxygen atoms in total. The number of ether oxygens (including phenoxy) is 1. The number of carbonyl (C=O) groups excluding carboxylic acids is 1. The molecule has 0 aliphatic heterocycles. The molecule has 6 heteroatoms. The van der Waals surface area contributed by atoms with Crippen LogP contribution in [0, 0.1) is 0 Å². The molecule has 0 bridgehead atoms. The highest BCUT2D eigenvalue weighted by atomic mass is 79.9. The Kier molecular flexibility index (Phi) is 6.08. The van der Waals surface area contributed by atoms with Crippen LogP contribution in [0.4, 0.5) is 0 Å². The molecule has 0 aromatic heterocycles. The van der Waals surface area contributed by atoms with Gasteiger partial charge >= 0.3 is 5.97 Å². The lowest BCUT2D eigenvalue weighted by molar-refractivity contribution is -0.131. The van der Waals surface area contributed by atoms with Gasteiger partial charge in [0.15, 0.2) is 0 Å². The van der Waals surface area contributed by atoms with Crippen molar-refractivity contribution in [3.63, 3.8) is 0 Å². The molecule has 0 saturated carbocycles. The minimum atomic E-state index is -1.15. The maximum absolute atomic E-state index is 11.3. The molecule has 0 unspecified atom stereocenters. The molecule has 1 amide bonds. The molecule has 0 spiro atoms. The van der Waals surface area contributed by atoms with Gasteiger partial charge in [-0.25, -0.2) is 4.79 Å². The number of rotatable bonds is 6. The molecule has 0 atom stereocenters. The zero-order chi connectivity index (χ0) is 14.3. The molecular weight excluding hydrogens is 314 g/mol. The third kappa shape index (κ3) is 5.56. The fraction of sp³-hybridized carbons (Fsp3) is 0.231. The minimum absolute atomic E-state index is 0.398. The van der Waals surface area contributed by atoms with E-state index in [0.717, 1.165) is 27.9 Å². The highest BCUT2D eigenvalue weighted by Crippen LogP contribution is 2.23. The topological polar surface area (TPSA) is 75.6 Å². The summed E-state index contributed by atoms with van der Waals surface area (Å²) in [4.78, 5) is 21.5. The van der Waals surface area contributed by atoms with Gasteiger partial charge in [0.25, 0.3) is 0 Å². The Bertz CT molecular complexity index is 499. The van der Waals surface area contributed by atoms with Gasteiger partial charge in [0.2, 0.25) is 5.91 Å². The first-order valence-corrected chi connectivity index (χ1v) is 6.33. The summed E-state index contributed by atoms with van der Waals surface area (Å²) in [5.41, 5.74) is 0.958. The average Bonchev–Trinajstić information content (AvgIpc) is 2.36. The van der Waals surface area contributed by atoms with Crippen molar-refractivity contribution in [1.29, 1.82) is 0 Å². The third-order valence-electron chi connectivity index (χ3n) is 2.31. The summed E-state index contributed by atoms with van der Waals surface area (Å²) in [6.45, 7) is 0.398. The average molecular weight is 328 g/mol. The summed E-state index contributed by atoms with van der Waals surface area (Å²) >= 11 is 3.37. The van der Waals surface area contributed by atoms with Crippen molar-refractivity contribution in [3.8, 4) is 5.75 Å². The van der Waals surface area contributed by atoms with Gasteiger partial charge in [-0.15, -0.1) is 0 Å². The first-order chi connectivity index (χ1) is 9.02. The highest BCUT2D eigenvalue weighted by molar-refractivity contribution is 9.10. The zero-order valence-corrected chi connectivity index (χ0v) is 11.9. The van der Waals surface area contributed by atoms with E-state index < -0.39 is 11.9 Å². The van der Waals surface area contributed by atoms with Gasteiger partial charge in [0.05, 0.1) is 7.11 Å². The van der Waals surface area contributed by atoms with E-state index in [9.17, 15) is 9.59 Å². The first-order valence-electron chi connectivity index (χ1n) is 5.54. The lowest BCUT2D eigenvalue weighted by Crippen LogP contribution is -2.23. The van der Waals surface area contributed by atoms with Crippen LogP contribution in [0.3, 0.4) is 0 Å². The summed E-state index contributed by atoms with van der Waals surface area (Å²) in [6, 6.07) is 5.63. The lowest BCUT2D eigenvalue weighted by atomic mass is 10.1. The molecule has 0 aliphatic carbocycles. The standard InChI is InChI=1S/C13H14BrNO4/c1-19-11-3-2-10(14)8-9(11)6-7-15-12(16)4-5-13(17)18/h2-5,8H,6-7H2,1H3,(H,15,16)(H,17,18)/b5-4+. The van der Waals surface area contributed by atoms with Crippen molar-refractivity contribution in [2.45, 2.75) is 6.42 Å². The summed E-state index contributed by atoms with van der Waals surface area (Å²) in [6.07, 6.45) is 2.38. The summed E-state index contributed by atoms with van der Waals surface area (Å²) in [5, 5.41) is 11.0. The fourth-order valence-electron chi connectivity index (χ4n) is 1.47. The zero-order valence-electron chi connectivity index (χ0n) is 10.4. The number of hydrogen-bond acceptors (Lipinski definition) is 3. The van der Waals surface area contributed by atoms with Crippen molar-refractivity contribution in [2.24, 2.45) is 0 Å². The van der Waals surface area contributed by atoms with Crippen LogP contribution in [0.25, 0.3) is 0 Å². The number of hydrogen-bond donors (Lipinski definition) is 2. The number of benzene rings is 1. The quantitative estimate of drug-likeness (QED) is 0.780. The normalized spacial score (nSPS) is 10.4. The van der Waals surface area contributed by atoms with Gasteiger partial charge in [0.1, 0.15) is 5.75 Å². The van der Waals surface area contributed by atoms with E-state index in [4.69, 9.17) is 9.84 Å².